The van der Waals surface area contributed by atoms with Crippen LogP contribution < -0.4 is 0 Å². The van der Waals surface area contributed by atoms with Crippen LogP contribution in [0.3, 0.4) is 0 Å². The molecule has 1 rings (SSSR count). The maximum absolute atomic E-state index is 10.4. The third-order valence-corrected chi connectivity index (χ3v) is 1.28. The van der Waals surface area contributed by atoms with Crippen LogP contribution in [0.2, 0.25) is 0 Å². The van der Waals surface area contributed by atoms with E-state index in [1.54, 1.807) is 7.11 Å². The number of carbonyl (C=O) groups excluding carboxylic acids is 1. The molecule has 1 saturated heterocycles. The van der Waals surface area contributed by atoms with Gasteiger partial charge in [-0.05, 0) is 0 Å². The number of ether oxygens (including phenoxy) is 3. The highest BCUT2D eigenvalue weighted by Gasteiger charge is 2.20. The zero-order valence-corrected chi connectivity index (χ0v) is 5.83. The lowest BCUT2D eigenvalue weighted by Crippen LogP contribution is -2.30. The molecule has 0 N–H and O–H groups in total. The highest BCUT2D eigenvalue weighted by Crippen LogP contribution is 2.07. The van der Waals surface area contributed by atoms with Gasteiger partial charge in [0.15, 0.2) is 0 Å². The third-order valence-electron chi connectivity index (χ3n) is 1.28. The maximum Gasteiger partial charge on any atom is 0.508 e. The lowest BCUT2D eigenvalue weighted by molar-refractivity contribution is -0.0479. The second kappa shape index (κ2) is 3.41. The van der Waals surface area contributed by atoms with E-state index in [0.717, 1.165) is 6.42 Å². The molecule has 0 saturated carbocycles. The third kappa shape index (κ3) is 1.88. The Morgan fingerprint density at radius 3 is 3.20 bits per heavy atom. The number of carbonyl (C=O) groups is 1. The van der Waals surface area contributed by atoms with Crippen molar-refractivity contribution in [2.45, 2.75) is 12.5 Å². The number of methoxy groups -OCH3 is 1. The van der Waals surface area contributed by atoms with Crippen LogP contribution >= 0.6 is 0 Å². The lowest BCUT2D eigenvalue weighted by Gasteiger charge is -2.20. The van der Waals surface area contributed by atoms with E-state index in [9.17, 15) is 4.79 Å². The molecular formula is C6H10O4. The molecule has 1 aliphatic heterocycles. The number of hydrogen-bond acceptors (Lipinski definition) is 4. The topological polar surface area (TPSA) is 44.8 Å². The predicted molar refractivity (Wildman–Crippen MR) is 32.7 cm³/mol. The summed E-state index contributed by atoms with van der Waals surface area (Å²) in [6, 6.07) is 0. The number of rotatable bonds is 2. The summed E-state index contributed by atoms with van der Waals surface area (Å²) in [7, 11) is 1.57. The standard InChI is InChI=1S/C6H10O4/c1-8-4-5-2-3-9-6(7)10-5/h5H,2-4H2,1H3. The van der Waals surface area contributed by atoms with Crippen LogP contribution in [-0.2, 0) is 14.2 Å². The van der Waals surface area contributed by atoms with Crippen molar-refractivity contribution in [1.29, 1.82) is 0 Å². The maximum atomic E-state index is 10.4. The molecule has 1 aliphatic rings. The molecule has 1 fully saturated rings. The second-order valence-electron chi connectivity index (χ2n) is 2.08. The van der Waals surface area contributed by atoms with Crippen LogP contribution in [0, 0.1) is 0 Å². The van der Waals surface area contributed by atoms with Crippen molar-refractivity contribution in [2.24, 2.45) is 0 Å². The minimum absolute atomic E-state index is 0.119. The zero-order chi connectivity index (χ0) is 7.40. The summed E-state index contributed by atoms with van der Waals surface area (Å²) in [4.78, 5) is 10.4. The largest absolute Gasteiger partial charge is 0.508 e. The monoisotopic (exact) mass is 146 g/mol. The van der Waals surface area contributed by atoms with E-state index in [4.69, 9.17) is 9.47 Å². The summed E-state index contributed by atoms with van der Waals surface area (Å²) in [5.74, 6) is 0. The van der Waals surface area contributed by atoms with Crippen LogP contribution in [-0.4, -0.2) is 32.6 Å². The first-order valence-electron chi connectivity index (χ1n) is 3.15. The van der Waals surface area contributed by atoms with E-state index in [0.29, 0.717) is 13.2 Å². The van der Waals surface area contributed by atoms with Crippen molar-refractivity contribution < 1.29 is 19.0 Å². The van der Waals surface area contributed by atoms with Gasteiger partial charge < -0.3 is 14.2 Å². The Labute approximate surface area is 59.1 Å². The van der Waals surface area contributed by atoms with Crippen molar-refractivity contribution in [3.8, 4) is 0 Å². The summed E-state index contributed by atoms with van der Waals surface area (Å²) >= 11 is 0. The average molecular weight is 146 g/mol. The van der Waals surface area contributed by atoms with Crippen LogP contribution in [0.1, 0.15) is 6.42 Å². The van der Waals surface area contributed by atoms with Crippen molar-refractivity contribution in [1.82, 2.24) is 0 Å². The highest BCUT2D eigenvalue weighted by molar-refractivity contribution is 5.60. The van der Waals surface area contributed by atoms with Crippen molar-refractivity contribution in [3.05, 3.63) is 0 Å². The molecular weight excluding hydrogens is 136 g/mol. The van der Waals surface area contributed by atoms with Gasteiger partial charge in [-0.25, -0.2) is 4.79 Å². The van der Waals surface area contributed by atoms with Gasteiger partial charge in [0.1, 0.15) is 6.10 Å². The molecule has 0 aliphatic carbocycles. The SMILES string of the molecule is COCC1CCOC(=O)O1. The van der Waals surface area contributed by atoms with Gasteiger partial charge in [-0.3, -0.25) is 0 Å². The van der Waals surface area contributed by atoms with E-state index in [1.807, 2.05) is 0 Å². The quantitative estimate of drug-likeness (QED) is 0.534. The molecule has 0 spiro atoms. The normalized spacial score (nSPS) is 25.3. The fourth-order valence-electron chi connectivity index (χ4n) is 0.806. The van der Waals surface area contributed by atoms with Gasteiger partial charge in [0.25, 0.3) is 0 Å². The van der Waals surface area contributed by atoms with Gasteiger partial charge in [0.2, 0.25) is 0 Å². The van der Waals surface area contributed by atoms with Gasteiger partial charge in [0, 0.05) is 13.5 Å². The van der Waals surface area contributed by atoms with Crippen LogP contribution in [0.5, 0.6) is 0 Å². The molecule has 4 heteroatoms. The second-order valence-corrected chi connectivity index (χ2v) is 2.08. The van der Waals surface area contributed by atoms with Gasteiger partial charge in [0.05, 0.1) is 13.2 Å². The first-order chi connectivity index (χ1) is 4.83. The van der Waals surface area contributed by atoms with Crippen molar-refractivity contribution in [2.75, 3.05) is 20.3 Å². The average Bonchev–Trinajstić information content (AvgIpc) is 1.88. The Hall–Kier alpha value is -0.770. The lowest BCUT2D eigenvalue weighted by atomic mass is 10.3. The molecule has 0 radical (unpaired) electrons. The Morgan fingerprint density at radius 2 is 2.60 bits per heavy atom. The molecule has 1 unspecified atom stereocenters. The molecule has 4 nitrogen and oxygen atoms in total. The summed E-state index contributed by atoms with van der Waals surface area (Å²) < 4.78 is 14.1. The first-order valence-corrected chi connectivity index (χ1v) is 3.15. The molecule has 0 amide bonds. The Morgan fingerprint density at radius 1 is 1.80 bits per heavy atom. The molecule has 1 heterocycles. The first kappa shape index (κ1) is 7.34. The summed E-state index contributed by atoms with van der Waals surface area (Å²) in [6.07, 6.45) is 0.0131. The Kier molecular flexibility index (Phi) is 2.50. The van der Waals surface area contributed by atoms with Crippen molar-refractivity contribution in [3.63, 3.8) is 0 Å². The summed E-state index contributed by atoms with van der Waals surface area (Å²) in [6.45, 7) is 0.891. The number of hydrogen-bond donors (Lipinski definition) is 0. The summed E-state index contributed by atoms with van der Waals surface area (Å²) in [5, 5.41) is 0. The fourth-order valence-corrected chi connectivity index (χ4v) is 0.806. The van der Waals surface area contributed by atoms with E-state index in [1.165, 1.54) is 0 Å². The van der Waals surface area contributed by atoms with E-state index >= 15 is 0 Å². The summed E-state index contributed by atoms with van der Waals surface area (Å²) in [5.41, 5.74) is 0. The van der Waals surface area contributed by atoms with Crippen molar-refractivity contribution >= 4 is 6.16 Å². The minimum atomic E-state index is -0.590. The van der Waals surface area contributed by atoms with Crippen LogP contribution in [0.4, 0.5) is 4.79 Å². The van der Waals surface area contributed by atoms with Crippen LogP contribution in [0.25, 0.3) is 0 Å². The van der Waals surface area contributed by atoms with E-state index in [-0.39, 0.29) is 6.10 Å². The molecule has 0 bridgehead atoms. The molecule has 0 aromatic heterocycles. The van der Waals surface area contributed by atoms with E-state index in [2.05, 4.69) is 4.74 Å². The predicted octanol–water partition coefficient (Wildman–Crippen LogP) is 0.558. The zero-order valence-electron chi connectivity index (χ0n) is 5.83. The highest BCUT2D eigenvalue weighted by atomic mass is 16.7. The molecule has 0 aromatic rings. The van der Waals surface area contributed by atoms with Gasteiger partial charge in [-0.15, -0.1) is 0 Å². The Balaban J connectivity index is 2.25. The van der Waals surface area contributed by atoms with Crippen LogP contribution in [0.15, 0.2) is 0 Å². The van der Waals surface area contributed by atoms with E-state index < -0.39 is 6.16 Å². The smallest absolute Gasteiger partial charge is 0.434 e. The Bertz CT molecular complexity index is 121. The minimum Gasteiger partial charge on any atom is -0.434 e. The molecule has 10 heavy (non-hydrogen) atoms. The molecule has 58 valence electrons. The fraction of sp³-hybridized carbons (Fsp3) is 0.833. The van der Waals surface area contributed by atoms with Gasteiger partial charge in [-0.2, -0.15) is 0 Å². The number of cyclic esters (lactones) is 2. The van der Waals surface area contributed by atoms with Gasteiger partial charge in [-0.1, -0.05) is 0 Å². The molecule has 1 atom stereocenters. The molecule has 0 aromatic carbocycles. The van der Waals surface area contributed by atoms with Gasteiger partial charge >= 0.3 is 6.16 Å².